The highest BCUT2D eigenvalue weighted by atomic mass is 16.5. The van der Waals surface area contributed by atoms with Gasteiger partial charge in [-0.25, -0.2) is 0 Å². The third-order valence-corrected chi connectivity index (χ3v) is 2.37. The van der Waals surface area contributed by atoms with Gasteiger partial charge < -0.3 is 15.8 Å². The Labute approximate surface area is 87.6 Å². The van der Waals surface area contributed by atoms with Crippen LogP contribution in [0.15, 0.2) is 18.5 Å². The number of carbonyl (C=O) groups is 1. The number of carbonyl (C=O) groups excluding carboxylic acids is 1. The summed E-state index contributed by atoms with van der Waals surface area (Å²) in [6, 6.07) is 2.02. The number of aromatic nitrogens is 1. The predicted molar refractivity (Wildman–Crippen MR) is 54.7 cm³/mol. The van der Waals surface area contributed by atoms with Gasteiger partial charge in [0, 0.05) is 12.2 Å². The second kappa shape index (κ2) is 4.27. The molecule has 3 N–H and O–H groups in total. The normalized spacial score (nSPS) is 19.3. The summed E-state index contributed by atoms with van der Waals surface area (Å²) in [7, 11) is 0. The largest absolute Gasteiger partial charge is 0.490 e. The summed E-state index contributed by atoms with van der Waals surface area (Å²) in [5.41, 5.74) is 5.50. The van der Waals surface area contributed by atoms with E-state index in [4.69, 9.17) is 10.5 Å². The molecule has 1 amide bonds. The van der Waals surface area contributed by atoms with Crippen molar-refractivity contribution in [1.29, 1.82) is 0 Å². The van der Waals surface area contributed by atoms with Crippen LogP contribution in [0.5, 0.6) is 5.75 Å². The van der Waals surface area contributed by atoms with Gasteiger partial charge in [-0.1, -0.05) is 0 Å². The van der Waals surface area contributed by atoms with Crippen LogP contribution < -0.4 is 15.8 Å². The lowest BCUT2D eigenvalue weighted by atomic mass is 10.1. The maximum absolute atomic E-state index is 10.9. The van der Waals surface area contributed by atoms with Crippen molar-refractivity contribution in [1.82, 2.24) is 10.3 Å². The van der Waals surface area contributed by atoms with Gasteiger partial charge in [0.15, 0.2) is 0 Å². The van der Waals surface area contributed by atoms with E-state index in [9.17, 15) is 4.79 Å². The van der Waals surface area contributed by atoms with Gasteiger partial charge in [-0.15, -0.1) is 0 Å². The van der Waals surface area contributed by atoms with Crippen molar-refractivity contribution in [2.75, 3.05) is 13.2 Å². The molecule has 0 unspecified atom stereocenters. The fraction of sp³-hybridized carbons (Fsp3) is 0.400. The molecule has 2 rings (SSSR count). The lowest BCUT2D eigenvalue weighted by Crippen LogP contribution is -2.46. The topological polar surface area (TPSA) is 77.2 Å². The molecule has 0 radical (unpaired) electrons. The van der Waals surface area contributed by atoms with E-state index in [-0.39, 0.29) is 0 Å². The monoisotopic (exact) mass is 207 g/mol. The Morgan fingerprint density at radius 2 is 2.47 bits per heavy atom. The van der Waals surface area contributed by atoms with Crippen molar-refractivity contribution in [3.63, 3.8) is 0 Å². The molecular formula is C10H13N3O2. The molecule has 5 nitrogen and oxygen atoms in total. The van der Waals surface area contributed by atoms with E-state index < -0.39 is 5.91 Å². The first-order chi connectivity index (χ1) is 7.25. The number of hydrogen-bond donors (Lipinski definition) is 2. The van der Waals surface area contributed by atoms with Crippen LogP contribution in [0, 0.1) is 0 Å². The second-order valence-electron chi connectivity index (χ2n) is 3.52. The van der Waals surface area contributed by atoms with Crippen LogP contribution in [0.3, 0.4) is 0 Å². The number of rotatable bonds is 4. The number of ether oxygens (including phenoxy) is 1. The van der Waals surface area contributed by atoms with Gasteiger partial charge in [-0.2, -0.15) is 0 Å². The molecule has 0 spiro atoms. The van der Waals surface area contributed by atoms with Crippen molar-refractivity contribution in [3.8, 4) is 5.75 Å². The van der Waals surface area contributed by atoms with Gasteiger partial charge >= 0.3 is 0 Å². The lowest BCUT2D eigenvalue weighted by Gasteiger charge is -2.27. The first kappa shape index (κ1) is 9.92. The molecule has 2 heterocycles. The number of hydrogen-bond acceptors (Lipinski definition) is 4. The van der Waals surface area contributed by atoms with Gasteiger partial charge in [0.25, 0.3) is 0 Å². The molecule has 1 aliphatic rings. The Kier molecular flexibility index (Phi) is 2.82. The minimum absolute atomic E-state index is 0.370. The van der Waals surface area contributed by atoms with Crippen molar-refractivity contribution in [2.24, 2.45) is 5.73 Å². The van der Waals surface area contributed by atoms with Crippen molar-refractivity contribution in [3.05, 3.63) is 24.0 Å². The zero-order chi connectivity index (χ0) is 10.7. The maximum atomic E-state index is 10.9. The quantitative estimate of drug-likeness (QED) is 0.724. The first-order valence-electron chi connectivity index (χ1n) is 4.87. The SMILES string of the molecule is NC(=O)c1cncc(OC[C@H]2CCN2)c1. The van der Waals surface area contributed by atoms with Crippen molar-refractivity contribution >= 4 is 5.91 Å². The molecule has 1 aromatic rings. The number of nitrogens with two attached hydrogens (primary N) is 1. The summed E-state index contributed by atoms with van der Waals surface area (Å²) < 4.78 is 5.47. The summed E-state index contributed by atoms with van der Waals surface area (Å²) in [5.74, 6) is 0.0923. The van der Waals surface area contributed by atoms with Crippen molar-refractivity contribution < 1.29 is 9.53 Å². The summed E-state index contributed by atoms with van der Waals surface area (Å²) >= 11 is 0. The number of nitrogens with zero attached hydrogens (tertiary/aromatic N) is 1. The Morgan fingerprint density at radius 1 is 1.67 bits per heavy atom. The number of nitrogens with one attached hydrogen (secondary N) is 1. The fourth-order valence-electron chi connectivity index (χ4n) is 1.32. The summed E-state index contributed by atoms with van der Waals surface area (Å²) in [4.78, 5) is 14.8. The highest BCUT2D eigenvalue weighted by Gasteiger charge is 2.16. The van der Waals surface area contributed by atoms with E-state index in [0.29, 0.717) is 24.0 Å². The molecule has 80 valence electrons. The standard InChI is InChI=1S/C10H13N3O2/c11-10(14)7-3-9(5-12-4-7)15-6-8-1-2-13-8/h3-5,8,13H,1-2,6H2,(H2,11,14)/t8-/m1/s1. The Morgan fingerprint density at radius 3 is 3.07 bits per heavy atom. The van der Waals surface area contributed by atoms with E-state index in [1.807, 2.05) is 0 Å². The summed E-state index contributed by atoms with van der Waals surface area (Å²) in [5, 5.41) is 3.22. The average Bonchev–Trinajstić information content (AvgIpc) is 2.16. The van der Waals surface area contributed by atoms with Gasteiger partial charge in [0.1, 0.15) is 12.4 Å². The van der Waals surface area contributed by atoms with E-state index >= 15 is 0 Å². The predicted octanol–water partition coefficient (Wildman–Crippen LogP) is -0.0788. The van der Waals surface area contributed by atoms with Crippen LogP contribution in [-0.4, -0.2) is 30.1 Å². The fourth-order valence-corrected chi connectivity index (χ4v) is 1.32. The van der Waals surface area contributed by atoms with E-state index in [0.717, 1.165) is 13.0 Å². The smallest absolute Gasteiger partial charge is 0.250 e. The van der Waals surface area contributed by atoms with Crippen LogP contribution in [0.2, 0.25) is 0 Å². The molecule has 0 saturated carbocycles. The Balaban J connectivity index is 1.94. The minimum Gasteiger partial charge on any atom is -0.490 e. The molecule has 1 atom stereocenters. The van der Waals surface area contributed by atoms with Crippen molar-refractivity contribution in [2.45, 2.75) is 12.5 Å². The van der Waals surface area contributed by atoms with Crippen LogP contribution in [-0.2, 0) is 0 Å². The van der Waals surface area contributed by atoms with Gasteiger partial charge in [-0.05, 0) is 19.0 Å². The molecule has 1 aliphatic heterocycles. The Bertz CT molecular complexity index is 363. The molecule has 1 saturated heterocycles. The van der Waals surface area contributed by atoms with Crippen LogP contribution >= 0.6 is 0 Å². The minimum atomic E-state index is -0.491. The molecule has 0 aromatic carbocycles. The first-order valence-corrected chi connectivity index (χ1v) is 4.87. The molecule has 1 aromatic heterocycles. The molecule has 1 fully saturated rings. The van der Waals surface area contributed by atoms with E-state index in [1.54, 1.807) is 12.3 Å². The van der Waals surface area contributed by atoms with Crippen LogP contribution in [0.25, 0.3) is 0 Å². The lowest BCUT2D eigenvalue weighted by molar-refractivity contribution is 0.0999. The third kappa shape index (κ3) is 2.44. The van der Waals surface area contributed by atoms with Gasteiger partial charge in [-0.3, -0.25) is 9.78 Å². The zero-order valence-corrected chi connectivity index (χ0v) is 8.27. The number of pyridine rings is 1. The highest BCUT2D eigenvalue weighted by Crippen LogP contribution is 2.12. The summed E-state index contributed by atoms with van der Waals surface area (Å²) in [6.07, 6.45) is 4.13. The molecule has 15 heavy (non-hydrogen) atoms. The van der Waals surface area contributed by atoms with Crippen LogP contribution in [0.1, 0.15) is 16.8 Å². The Hall–Kier alpha value is -1.62. The van der Waals surface area contributed by atoms with Gasteiger partial charge in [0.05, 0.1) is 11.8 Å². The average molecular weight is 207 g/mol. The molecular weight excluding hydrogens is 194 g/mol. The maximum Gasteiger partial charge on any atom is 0.250 e. The van der Waals surface area contributed by atoms with E-state index in [2.05, 4.69) is 10.3 Å². The van der Waals surface area contributed by atoms with E-state index in [1.165, 1.54) is 6.20 Å². The number of amides is 1. The molecule has 0 bridgehead atoms. The zero-order valence-electron chi connectivity index (χ0n) is 8.27. The summed E-state index contributed by atoms with van der Waals surface area (Å²) in [6.45, 7) is 1.65. The molecule has 0 aliphatic carbocycles. The number of primary amides is 1. The second-order valence-corrected chi connectivity index (χ2v) is 3.52. The van der Waals surface area contributed by atoms with Gasteiger partial charge in [0.2, 0.25) is 5.91 Å². The highest BCUT2D eigenvalue weighted by molar-refractivity contribution is 5.92. The molecule has 5 heteroatoms. The third-order valence-electron chi connectivity index (χ3n) is 2.37. The van der Waals surface area contributed by atoms with Crippen LogP contribution in [0.4, 0.5) is 0 Å².